The second-order valence-corrected chi connectivity index (χ2v) is 3.93. The molecule has 2 aromatic rings. The van der Waals surface area contributed by atoms with Crippen LogP contribution in [0.15, 0.2) is 72.4 Å². The molecule has 0 unspecified atom stereocenters. The number of allylic oxidation sites excluding steroid dienone is 1. The second kappa shape index (κ2) is 6.40. The third-order valence-electron chi connectivity index (χ3n) is 2.58. The first-order valence-electron chi connectivity index (χ1n) is 5.93. The maximum absolute atomic E-state index is 4.25. The molecule has 0 atom stereocenters. The van der Waals surface area contributed by atoms with Crippen molar-refractivity contribution in [3.8, 4) is 0 Å². The molecule has 0 saturated heterocycles. The Morgan fingerprint density at radius 3 is 2.50 bits per heavy atom. The Morgan fingerprint density at radius 2 is 1.72 bits per heavy atom. The predicted molar refractivity (Wildman–Crippen MR) is 78.0 cm³/mol. The van der Waals surface area contributed by atoms with E-state index in [4.69, 9.17) is 0 Å². The van der Waals surface area contributed by atoms with Gasteiger partial charge in [0.05, 0.1) is 11.9 Å². The van der Waals surface area contributed by atoms with Crippen molar-refractivity contribution >= 4 is 11.9 Å². The maximum Gasteiger partial charge on any atom is 0.0596 e. The van der Waals surface area contributed by atoms with E-state index < -0.39 is 0 Å². The van der Waals surface area contributed by atoms with E-state index in [1.807, 2.05) is 60.8 Å². The minimum atomic E-state index is 0.837. The Balaban J connectivity index is 2.06. The lowest BCUT2D eigenvalue weighted by atomic mass is 10.1. The molecule has 0 aliphatic heterocycles. The summed E-state index contributed by atoms with van der Waals surface area (Å²) in [4.78, 5) is 0. The molecule has 2 rings (SSSR count). The molecule has 0 fully saturated rings. The van der Waals surface area contributed by atoms with E-state index >= 15 is 0 Å². The normalized spacial score (nSPS) is 10.4. The molecular formula is C16H16N2. The average molecular weight is 236 g/mol. The molecule has 2 aromatic carbocycles. The lowest BCUT2D eigenvalue weighted by Crippen LogP contribution is -1.95. The molecule has 0 aliphatic carbocycles. The summed E-state index contributed by atoms with van der Waals surface area (Å²) >= 11 is 0. The number of rotatable bonds is 5. The molecule has 0 amide bonds. The molecule has 0 aromatic heterocycles. The van der Waals surface area contributed by atoms with Crippen LogP contribution in [0.2, 0.25) is 0 Å². The standard InChI is InChI=1S/C16H16N2/c1-2-8-15-11-6-7-12-16(15)18-17-13-14-9-4-3-5-10-14/h2-7,9-13,18H,1,8H2/b17-13-. The number of para-hydroxylation sites is 1. The molecule has 0 bridgehead atoms. The van der Waals surface area contributed by atoms with Gasteiger partial charge in [0.25, 0.3) is 0 Å². The number of hydrogen-bond donors (Lipinski definition) is 1. The number of nitrogens with one attached hydrogen (secondary N) is 1. The second-order valence-electron chi connectivity index (χ2n) is 3.93. The SMILES string of the molecule is C=CCc1ccccc1N/N=C\c1ccccc1. The Hall–Kier alpha value is -2.35. The van der Waals surface area contributed by atoms with Gasteiger partial charge in [-0.15, -0.1) is 6.58 Å². The molecule has 1 N–H and O–H groups in total. The van der Waals surface area contributed by atoms with Crippen LogP contribution in [-0.4, -0.2) is 6.21 Å². The molecule has 0 saturated carbocycles. The van der Waals surface area contributed by atoms with Crippen LogP contribution >= 0.6 is 0 Å². The molecule has 0 aliphatic rings. The third kappa shape index (κ3) is 3.32. The molecule has 90 valence electrons. The zero-order chi connectivity index (χ0) is 12.6. The Kier molecular flexibility index (Phi) is 4.31. The topological polar surface area (TPSA) is 24.4 Å². The van der Waals surface area contributed by atoms with Gasteiger partial charge in [-0.3, -0.25) is 5.43 Å². The predicted octanol–water partition coefficient (Wildman–Crippen LogP) is 3.86. The van der Waals surface area contributed by atoms with Crippen LogP contribution in [0.5, 0.6) is 0 Å². The number of anilines is 1. The first kappa shape index (κ1) is 12.1. The van der Waals surface area contributed by atoms with E-state index in [0.717, 1.165) is 17.7 Å². The number of benzene rings is 2. The summed E-state index contributed by atoms with van der Waals surface area (Å²) < 4.78 is 0. The van der Waals surface area contributed by atoms with Crippen molar-refractivity contribution in [1.82, 2.24) is 0 Å². The fraction of sp³-hybridized carbons (Fsp3) is 0.0625. The zero-order valence-electron chi connectivity index (χ0n) is 10.2. The Bertz CT molecular complexity index is 530. The van der Waals surface area contributed by atoms with Crippen molar-refractivity contribution in [2.45, 2.75) is 6.42 Å². The van der Waals surface area contributed by atoms with E-state index in [2.05, 4.69) is 23.2 Å². The monoisotopic (exact) mass is 236 g/mol. The van der Waals surface area contributed by atoms with Gasteiger partial charge in [0.1, 0.15) is 0 Å². The number of nitrogens with zero attached hydrogens (tertiary/aromatic N) is 1. The van der Waals surface area contributed by atoms with Crippen LogP contribution < -0.4 is 5.43 Å². The van der Waals surface area contributed by atoms with Gasteiger partial charge >= 0.3 is 0 Å². The van der Waals surface area contributed by atoms with Gasteiger partial charge < -0.3 is 0 Å². The lowest BCUT2D eigenvalue weighted by molar-refractivity contribution is 1.23. The fourth-order valence-corrected chi connectivity index (χ4v) is 1.68. The van der Waals surface area contributed by atoms with Crippen molar-refractivity contribution in [3.05, 3.63) is 78.4 Å². The van der Waals surface area contributed by atoms with Crippen LogP contribution in [0.25, 0.3) is 0 Å². The van der Waals surface area contributed by atoms with E-state index in [1.165, 1.54) is 5.56 Å². The molecule has 18 heavy (non-hydrogen) atoms. The zero-order valence-corrected chi connectivity index (χ0v) is 10.2. The van der Waals surface area contributed by atoms with Crippen LogP contribution in [0.3, 0.4) is 0 Å². The summed E-state index contributed by atoms with van der Waals surface area (Å²) in [5.74, 6) is 0. The van der Waals surface area contributed by atoms with Crippen molar-refractivity contribution in [1.29, 1.82) is 0 Å². The van der Waals surface area contributed by atoms with Gasteiger partial charge in [-0.25, -0.2) is 0 Å². The van der Waals surface area contributed by atoms with E-state index in [1.54, 1.807) is 0 Å². The average Bonchev–Trinajstić information content (AvgIpc) is 2.42. The first-order valence-corrected chi connectivity index (χ1v) is 5.93. The van der Waals surface area contributed by atoms with Crippen LogP contribution in [0, 0.1) is 0 Å². The van der Waals surface area contributed by atoms with Crippen LogP contribution in [-0.2, 0) is 6.42 Å². The highest BCUT2D eigenvalue weighted by molar-refractivity contribution is 5.80. The van der Waals surface area contributed by atoms with Crippen molar-refractivity contribution in [2.75, 3.05) is 5.43 Å². The Morgan fingerprint density at radius 1 is 1.00 bits per heavy atom. The molecular weight excluding hydrogens is 220 g/mol. The van der Waals surface area contributed by atoms with Gasteiger partial charge in [0.15, 0.2) is 0 Å². The van der Waals surface area contributed by atoms with Crippen molar-refractivity contribution in [3.63, 3.8) is 0 Å². The molecule has 0 radical (unpaired) electrons. The smallest absolute Gasteiger partial charge is 0.0596 e. The minimum Gasteiger partial charge on any atom is -0.278 e. The maximum atomic E-state index is 4.25. The van der Waals surface area contributed by atoms with Gasteiger partial charge in [-0.05, 0) is 23.6 Å². The quantitative estimate of drug-likeness (QED) is 0.476. The van der Waals surface area contributed by atoms with E-state index in [0.29, 0.717) is 0 Å². The molecule has 0 heterocycles. The fourth-order valence-electron chi connectivity index (χ4n) is 1.68. The summed E-state index contributed by atoms with van der Waals surface area (Å²) in [5.41, 5.74) is 6.35. The number of hydrazone groups is 1. The molecule has 2 nitrogen and oxygen atoms in total. The van der Waals surface area contributed by atoms with Gasteiger partial charge in [0.2, 0.25) is 0 Å². The summed E-state index contributed by atoms with van der Waals surface area (Å²) in [5, 5.41) is 4.25. The summed E-state index contributed by atoms with van der Waals surface area (Å²) in [6, 6.07) is 18.1. The minimum absolute atomic E-state index is 0.837. The first-order chi connectivity index (χ1) is 8.90. The van der Waals surface area contributed by atoms with E-state index in [9.17, 15) is 0 Å². The molecule has 2 heteroatoms. The Labute approximate surface area is 108 Å². The van der Waals surface area contributed by atoms with Crippen LogP contribution in [0.1, 0.15) is 11.1 Å². The highest BCUT2D eigenvalue weighted by Gasteiger charge is 1.97. The lowest BCUT2D eigenvalue weighted by Gasteiger charge is -2.06. The highest BCUT2D eigenvalue weighted by atomic mass is 15.3. The van der Waals surface area contributed by atoms with Gasteiger partial charge in [-0.2, -0.15) is 5.10 Å². The molecule has 0 spiro atoms. The summed E-state index contributed by atoms with van der Waals surface area (Å²) in [6.07, 6.45) is 4.54. The van der Waals surface area contributed by atoms with Crippen LogP contribution in [0.4, 0.5) is 5.69 Å². The van der Waals surface area contributed by atoms with Crippen molar-refractivity contribution < 1.29 is 0 Å². The van der Waals surface area contributed by atoms with Crippen molar-refractivity contribution in [2.24, 2.45) is 5.10 Å². The van der Waals surface area contributed by atoms with Gasteiger partial charge in [0, 0.05) is 0 Å². The van der Waals surface area contributed by atoms with E-state index in [-0.39, 0.29) is 0 Å². The third-order valence-corrected chi connectivity index (χ3v) is 2.58. The number of hydrogen-bond acceptors (Lipinski definition) is 2. The van der Waals surface area contributed by atoms with Gasteiger partial charge in [-0.1, -0.05) is 54.6 Å². The highest BCUT2D eigenvalue weighted by Crippen LogP contribution is 2.15. The summed E-state index contributed by atoms with van der Waals surface area (Å²) in [6.45, 7) is 3.76. The summed E-state index contributed by atoms with van der Waals surface area (Å²) in [7, 11) is 0. The largest absolute Gasteiger partial charge is 0.278 e.